The van der Waals surface area contributed by atoms with E-state index in [9.17, 15) is 9.18 Å². The van der Waals surface area contributed by atoms with Crippen molar-refractivity contribution in [2.24, 2.45) is 5.92 Å². The molecule has 0 aromatic heterocycles. The lowest BCUT2D eigenvalue weighted by Crippen LogP contribution is -2.42. The Balaban J connectivity index is 1.42. The van der Waals surface area contributed by atoms with Gasteiger partial charge in [-0.3, -0.25) is 15.6 Å². The van der Waals surface area contributed by atoms with Gasteiger partial charge in [0.15, 0.2) is 11.6 Å². The SMILES string of the molecule is CC(COc1ccccc1F)NC(=O)CC1NNC2CCCCC21. The molecular weight excluding hydrogens is 309 g/mol. The summed E-state index contributed by atoms with van der Waals surface area (Å²) in [6.45, 7) is 2.11. The highest BCUT2D eigenvalue weighted by atomic mass is 19.1. The molecule has 5 nitrogen and oxygen atoms in total. The molecule has 1 saturated heterocycles. The van der Waals surface area contributed by atoms with Crippen molar-refractivity contribution in [1.29, 1.82) is 0 Å². The van der Waals surface area contributed by atoms with Crippen LogP contribution in [0.3, 0.4) is 0 Å². The molecule has 1 aliphatic carbocycles. The molecule has 2 fully saturated rings. The molecule has 3 rings (SSSR count). The van der Waals surface area contributed by atoms with Crippen molar-refractivity contribution in [3.63, 3.8) is 0 Å². The van der Waals surface area contributed by atoms with E-state index in [0.717, 1.165) is 0 Å². The third kappa shape index (κ3) is 4.24. The van der Waals surface area contributed by atoms with Crippen LogP contribution in [-0.2, 0) is 4.79 Å². The number of rotatable bonds is 6. The number of benzene rings is 1. The summed E-state index contributed by atoms with van der Waals surface area (Å²) >= 11 is 0. The molecule has 1 amide bonds. The fraction of sp³-hybridized carbons (Fsp3) is 0.611. The summed E-state index contributed by atoms with van der Waals surface area (Å²) < 4.78 is 18.9. The number of ether oxygens (including phenoxy) is 1. The third-order valence-corrected chi connectivity index (χ3v) is 4.93. The minimum Gasteiger partial charge on any atom is -0.488 e. The van der Waals surface area contributed by atoms with Gasteiger partial charge in [-0.1, -0.05) is 25.0 Å². The van der Waals surface area contributed by atoms with E-state index in [1.54, 1.807) is 18.2 Å². The second kappa shape index (κ2) is 7.94. The van der Waals surface area contributed by atoms with Gasteiger partial charge in [0.05, 0.1) is 6.04 Å². The summed E-state index contributed by atoms with van der Waals surface area (Å²) in [7, 11) is 0. The number of hydrogen-bond acceptors (Lipinski definition) is 4. The van der Waals surface area contributed by atoms with Crippen LogP contribution in [0.4, 0.5) is 4.39 Å². The summed E-state index contributed by atoms with van der Waals surface area (Å²) in [5.74, 6) is 0.366. The van der Waals surface area contributed by atoms with Crippen molar-refractivity contribution in [2.75, 3.05) is 6.61 Å². The third-order valence-electron chi connectivity index (χ3n) is 4.93. The molecule has 1 aromatic carbocycles. The minimum absolute atomic E-state index is 0.00478. The highest BCUT2D eigenvalue weighted by Crippen LogP contribution is 2.31. The van der Waals surface area contributed by atoms with Gasteiger partial charge in [0.2, 0.25) is 5.91 Å². The standard InChI is InChI=1S/C18H26FN3O2/c1-12(11-24-17-9-5-3-7-14(17)19)20-18(23)10-16-13-6-2-4-8-15(13)21-22-16/h3,5,7,9,12-13,15-16,21-22H,2,4,6,8,10-11H2,1H3,(H,20,23). The molecular formula is C18H26FN3O2. The Hall–Kier alpha value is -1.66. The van der Waals surface area contributed by atoms with Crippen LogP contribution in [0.2, 0.25) is 0 Å². The maximum Gasteiger partial charge on any atom is 0.221 e. The second-order valence-electron chi connectivity index (χ2n) is 6.86. The van der Waals surface area contributed by atoms with Gasteiger partial charge in [-0.25, -0.2) is 4.39 Å². The largest absolute Gasteiger partial charge is 0.488 e. The van der Waals surface area contributed by atoms with E-state index >= 15 is 0 Å². The van der Waals surface area contributed by atoms with Crippen molar-refractivity contribution in [3.8, 4) is 5.75 Å². The lowest BCUT2D eigenvalue weighted by molar-refractivity contribution is -0.122. The molecule has 0 spiro atoms. The Morgan fingerprint density at radius 3 is 2.96 bits per heavy atom. The summed E-state index contributed by atoms with van der Waals surface area (Å²) in [6.07, 6.45) is 5.32. The van der Waals surface area contributed by atoms with E-state index < -0.39 is 0 Å². The number of nitrogens with one attached hydrogen (secondary N) is 3. The van der Waals surface area contributed by atoms with Crippen molar-refractivity contribution < 1.29 is 13.9 Å². The summed E-state index contributed by atoms with van der Waals surface area (Å²) in [4.78, 5) is 12.3. The molecule has 4 unspecified atom stereocenters. The first-order valence-electron chi connectivity index (χ1n) is 8.81. The predicted molar refractivity (Wildman–Crippen MR) is 89.9 cm³/mol. The molecule has 6 heteroatoms. The van der Waals surface area contributed by atoms with E-state index in [2.05, 4.69) is 16.2 Å². The number of hydrogen-bond donors (Lipinski definition) is 3. The van der Waals surface area contributed by atoms with Crippen LogP contribution in [0.5, 0.6) is 5.75 Å². The van der Waals surface area contributed by atoms with Crippen molar-refractivity contribution in [3.05, 3.63) is 30.1 Å². The topological polar surface area (TPSA) is 62.4 Å². The Bertz CT molecular complexity index is 569. The first-order chi connectivity index (χ1) is 11.6. The molecule has 132 valence electrons. The highest BCUT2D eigenvalue weighted by molar-refractivity contribution is 5.77. The van der Waals surface area contributed by atoms with Gasteiger partial charge in [0.25, 0.3) is 0 Å². The zero-order chi connectivity index (χ0) is 16.9. The Morgan fingerprint density at radius 2 is 2.12 bits per heavy atom. The lowest BCUT2D eigenvalue weighted by Gasteiger charge is -2.27. The Kier molecular flexibility index (Phi) is 5.68. The number of amides is 1. The van der Waals surface area contributed by atoms with Crippen LogP contribution in [0.25, 0.3) is 0 Å². The van der Waals surface area contributed by atoms with Gasteiger partial charge in [0.1, 0.15) is 6.61 Å². The van der Waals surface area contributed by atoms with Crippen LogP contribution < -0.4 is 20.9 Å². The Labute approximate surface area is 142 Å². The van der Waals surface area contributed by atoms with E-state index in [4.69, 9.17) is 4.74 Å². The summed E-state index contributed by atoms with van der Waals surface area (Å²) in [6, 6.07) is 6.80. The number of hydrazine groups is 1. The molecule has 1 aliphatic heterocycles. The number of para-hydroxylation sites is 1. The highest BCUT2D eigenvalue weighted by Gasteiger charge is 2.38. The Morgan fingerprint density at radius 1 is 1.33 bits per heavy atom. The number of carbonyl (C=O) groups excluding carboxylic acids is 1. The molecule has 2 aliphatic rings. The monoisotopic (exact) mass is 335 g/mol. The molecule has 4 atom stereocenters. The first kappa shape index (κ1) is 17.2. The number of carbonyl (C=O) groups is 1. The normalized spacial score (nSPS) is 27.3. The summed E-state index contributed by atoms with van der Waals surface area (Å²) in [5, 5.41) is 2.94. The molecule has 0 radical (unpaired) electrons. The average Bonchev–Trinajstić information content (AvgIpc) is 2.97. The molecule has 1 heterocycles. The van der Waals surface area contributed by atoms with Crippen LogP contribution in [-0.4, -0.2) is 30.6 Å². The van der Waals surface area contributed by atoms with Crippen LogP contribution in [0.1, 0.15) is 39.0 Å². The smallest absolute Gasteiger partial charge is 0.221 e. The maximum absolute atomic E-state index is 13.5. The zero-order valence-corrected chi connectivity index (χ0v) is 14.1. The molecule has 24 heavy (non-hydrogen) atoms. The van der Waals surface area contributed by atoms with Gasteiger partial charge in [0, 0.05) is 18.5 Å². The number of fused-ring (bicyclic) bond motifs is 1. The quantitative estimate of drug-likeness (QED) is 0.745. The van der Waals surface area contributed by atoms with Crippen LogP contribution in [0, 0.1) is 11.7 Å². The van der Waals surface area contributed by atoms with E-state index in [1.165, 1.54) is 31.7 Å². The molecule has 1 aromatic rings. The fourth-order valence-corrected chi connectivity index (χ4v) is 3.70. The lowest BCUT2D eigenvalue weighted by atomic mass is 9.81. The molecule has 0 bridgehead atoms. The fourth-order valence-electron chi connectivity index (χ4n) is 3.70. The van der Waals surface area contributed by atoms with E-state index in [1.807, 2.05) is 6.92 Å². The van der Waals surface area contributed by atoms with Crippen LogP contribution >= 0.6 is 0 Å². The second-order valence-corrected chi connectivity index (χ2v) is 6.86. The molecule has 3 N–H and O–H groups in total. The van der Waals surface area contributed by atoms with Crippen molar-refractivity contribution in [2.45, 2.75) is 57.2 Å². The van der Waals surface area contributed by atoms with Crippen molar-refractivity contribution >= 4 is 5.91 Å². The molecule has 1 saturated carbocycles. The van der Waals surface area contributed by atoms with Crippen molar-refractivity contribution in [1.82, 2.24) is 16.2 Å². The van der Waals surface area contributed by atoms with E-state index in [-0.39, 0.29) is 36.2 Å². The van der Waals surface area contributed by atoms with Crippen LogP contribution in [0.15, 0.2) is 24.3 Å². The predicted octanol–water partition coefficient (Wildman–Crippen LogP) is 2.13. The van der Waals surface area contributed by atoms with E-state index in [0.29, 0.717) is 18.4 Å². The number of halogens is 1. The van der Waals surface area contributed by atoms with Gasteiger partial charge in [-0.05, 0) is 37.8 Å². The van der Waals surface area contributed by atoms with Gasteiger partial charge in [-0.2, -0.15) is 0 Å². The van der Waals surface area contributed by atoms with Gasteiger partial charge in [-0.15, -0.1) is 0 Å². The zero-order valence-electron chi connectivity index (χ0n) is 14.1. The minimum atomic E-state index is -0.388. The van der Waals surface area contributed by atoms with Gasteiger partial charge >= 0.3 is 0 Å². The maximum atomic E-state index is 13.5. The van der Waals surface area contributed by atoms with Gasteiger partial charge < -0.3 is 10.1 Å². The average molecular weight is 335 g/mol. The summed E-state index contributed by atoms with van der Waals surface area (Å²) in [5.41, 5.74) is 6.60. The first-order valence-corrected chi connectivity index (χ1v) is 8.81.